The highest BCUT2D eigenvalue weighted by Crippen LogP contribution is 2.25. The minimum Gasteiger partial charge on any atom is -0.467 e. The van der Waals surface area contributed by atoms with Crippen molar-refractivity contribution in [1.82, 2.24) is 56.0 Å². The van der Waals surface area contributed by atoms with Gasteiger partial charge in [-0.15, -0.1) is 0 Å². The van der Waals surface area contributed by atoms with Crippen LogP contribution in [-0.4, -0.2) is 244 Å². The maximum Gasteiger partial charge on any atom is 0.410 e. The van der Waals surface area contributed by atoms with Gasteiger partial charge >= 0.3 is 12.1 Å². The summed E-state index contributed by atoms with van der Waals surface area (Å²) in [6, 6.07) is -13.9. The largest absolute Gasteiger partial charge is 0.467 e. The summed E-state index contributed by atoms with van der Waals surface area (Å²) in [5.74, 6) is -10.2. The summed E-state index contributed by atoms with van der Waals surface area (Å²) < 4.78 is 10.3. The number of aliphatic hydroxyl groups is 2. The Morgan fingerprint density at radius 3 is 1.31 bits per heavy atom. The number of allylic oxidation sites excluding steroid dienone is 2. The van der Waals surface area contributed by atoms with E-state index in [0.717, 1.165) is 12.0 Å². The van der Waals surface area contributed by atoms with Crippen LogP contribution in [0.25, 0.3) is 0 Å². The van der Waals surface area contributed by atoms with E-state index in [4.69, 9.17) is 9.47 Å². The number of esters is 1. The van der Waals surface area contributed by atoms with Crippen molar-refractivity contribution in [2.75, 3.05) is 48.9 Å². The molecule has 11 amide bonds. The fourth-order valence-electron chi connectivity index (χ4n) is 11.4. The van der Waals surface area contributed by atoms with Gasteiger partial charge < -0.3 is 70.8 Å². The Kier molecular flexibility index (Phi) is 38.5. The average molecular weight is 1380 g/mol. The molecule has 0 fully saturated rings. The minimum atomic E-state index is -1.63. The van der Waals surface area contributed by atoms with Crippen LogP contribution in [0.5, 0.6) is 0 Å². The number of nitrogens with zero attached hydrogens (tertiary/aromatic N) is 6. The van der Waals surface area contributed by atoms with Crippen molar-refractivity contribution in [3.63, 3.8) is 0 Å². The van der Waals surface area contributed by atoms with Crippen LogP contribution in [0.3, 0.4) is 0 Å². The molecule has 27 nitrogen and oxygen atoms in total. The SMILES string of the molecule is C/C=C/C[C@@H](C)[C@@H](O)[C@@H](C(=O)N[C@H](C(=O)OC)[C@@H](C)O)N(C)C(=O)[C@H](C(C)C)N(C)C(=O)[C@H](CC(C)C)NC(=O)[C@H](CC(C)C)N(C)C(=O)[C@@H](C)NC(=O)[C@H](C)NC(=O)[C@H](CC(C)C)N(C)C(=O)[C@H](CC(C)C)NC(=O)[C@H](C(C)CC)N(CC)C(=O)[C@@H](C)N(C)C(=O)OC(C)(C)C. The summed E-state index contributed by atoms with van der Waals surface area (Å²) in [6.45, 7) is 37.9. The van der Waals surface area contributed by atoms with E-state index in [0.29, 0.717) is 12.8 Å². The van der Waals surface area contributed by atoms with Crippen LogP contribution in [0, 0.1) is 41.4 Å². The lowest BCUT2D eigenvalue weighted by Gasteiger charge is -2.40. The number of rotatable bonds is 39. The molecule has 15 atom stereocenters. The zero-order valence-corrected chi connectivity index (χ0v) is 63.9. The molecule has 0 aromatic rings. The zero-order valence-electron chi connectivity index (χ0n) is 63.9. The van der Waals surface area contributed by atoms with Crippen LogP contribution in [0.15, 0.2) is 12.2 Å². The maximum absolute atomic E-state index is 14.9. The number of likely N-dealkylation sites (N-methyl/N-ethyl adjacent to an activating group) is 6. The number of amides is 11. The molecule has 0 aliphatic heterocycles. The molecule has 27 heteroatoms. The topological polar surface area (TPSA) is 343 Å². The summed E-state index contributed by atoms with van der Waals surface area (Å²) in [4.78, 5) is 178. The fraction of sp³-hybridized carbons (Fsp3) is 0.800. The molecule has 0 saturated heterocycles. The van der Waals surface area contributed by atoms with E-state index in [9.17, 15) is 67.7 Å². The third-order valence-electron chi connectivity index (χ3n) is 17.3. The van der Waals surface area contributed by atoms with Gasteiger partial charge in [0.1, 0.15) is 66.0 Å². The van der Waals surface area contributed by atoms with Gasteiger partial charge in [0.05, 0.1) is 19.3 Å². The lowest BCUT2D eigenvalue weighted by Crippen LogP contribution is -2.63. The van der Waals surface area contributed by atoms with Crippen LogP contribution in [0.2, 0.25) is 0 Å². The minimum absolute atomic E-state index is 0.0853. The van der Waals surface area contributed by atoms with Gasteiger partial charge in [0.2, 0.25) is 59.1 Å². The highest BCUT2D eigenvalue weighted by molar-refractivity contribution is 5.99. The quantitative estimate of drug-likeness (QED) is 0.0326. The van der Waals surface area contributed by atoms with Gasteiger partial charge in [-0.3, -0.25) is 52.8 Å². The van der Waals surface area contributed by atoms with Crippen molar-refractivity contribution < 1.29 is 77.2 Å². The Morgan fingerprint density at radius 2 is 0.897 bits per heavy atom. The summed E-state index contributed by atoms with van der Waals surface area (Å²) in [7, 11) is 8.03. The standard InChI is InChI=1S/C70H127N11O16/c1-29-32-33-44(15)57(83)56(62(88)75-53(48(19)82)68(94)96-28)80(27)67(93)54(42(12)13)79(26)66(92)50(35-39(6)7)73-60(86)52(37-41(10)11)77(24)63(89)46(17)72-58(84)45(16)71-59(85)51(36-40(8)9)78(25)65(91)49(34-38(4)5)74-61(87)55(43(14)30-2)81(31-3)64(90)47(18)76(23)69(95)97-70(20,21)22/h29,32,38-57,82-83H,30-31,33-37H2,1-28H3,(H,71,85)(H,72,84)(H,73,86)(H,74,87)(H,75,88)/b32-29+/t43?,44-,45+,46-,47-,48-,49+,50+,51+,52+,53+,54+,55+,56+,57-/m1/s1. The Bertz CT molecular complexity index is 2640. The predicted molar refractivity (Wildman–Crippen MR) is 372 cm³/mol. The fourth-order valence-corrected chi connectivity index (χ4v) is 11.4. The monoisotopic (exact) mass is 1380 g/mol. The molecular weight excluding hydrogens is 1250 g/mol. The van der Waals surface area contributed by atoms with E-state index in [1.54, 1.807) is 74.5 Å². The normalized spacial score (nSPS) is 16.5. The Hall–Kier alpha value is -6.90. The van der Waals surface area contributed by atoms with Gasteiger partial charge in [0.25, 0.3) is 0 Å². The first-order valence-electron chi connectivity index (χ1n) is 34.5. The predicted octanol–water partition coefficient (Wildman–Crippen LogP) is 4.63. The van der Waals surface area contributed by atoms with Gasteiger partial charge in [-0.2, -0.15) is 0 Å². The number of carbonyl (C=O) groups is 12. The molecule has 1 unspecified atom stereocenters. The Balaban J connectivity index is 6.98. The molecule has 97 heavy (non-hydrogen) atoms. The molecular formula is C70H127N11O16. The Morgan fingerprint density at radius 1 is 0.474 bits per heavy atom. The number of hydrogen-bond donors (Lipinski definition) is 7. The third kappa shape index (κ3) is 27.7. The summed E-state index contributed by atoms with van der Waals surface area (Å²) in [5, 5.41) is 35.7. The second-order valence-corrected chi connectivity index (χ2v) is 29.3. The average Bonchev–Trinajstić information content (AvgIpc) is 0.816. The van der Waals surface area contributed by atoms with Crippen LogP contribution in [0.4, 0.5) is 4.79 Å². The number of methoxy groups -OCH3 is 1. The van der Waals surface area contributed by atoms with Crippen molar-refractivity contribution in [3.05, 3.63) is 12.2 Å². The summed E-state index contributed by atoms with van der Waals surface area (Å²) in [5.41, 5.74) is -0.827. The van der Waals surface area contributed by atoms with Crippen molar-refractivity contribution >= 4 is 71.1 Å². The van der Waals surface area contributed by atoms with Crippen LogP contribution < -0.4 is 26.6 Å². The molecule has 0 aliphatic rings. The van der Waals surface area contributed by atoms with E-state index in [1.165, 1.54) is 80.5 Å². The third-order valence-corrected chi connectivity index (χ3v) is 17.3. The summed E-state index contributed by atoms with van der Waals surface area (Å²) >= 11 is 0. The first-order valence-corrected chi connectivity index (χ1v) is 34.5. The molecule has 0 spiro atoms. The van der Waals surface area contributed by atoms with E-state index in [1.807, 2.05) is 69.2 Å². The molecule has 0 rings (SSSR count). The van der Waals surface area contributed by atoms with Gasteiger partial charge in [0.15, 0.2) is 6.04 Å². The van der Waals surface area contributed by atoms with Gasteiger partial charge in [-0.25, -0.2) is 9.59 Å². The van der Waals surface area contributed by atoms with Crippen molar-refractivity contribution in [1.29, 1.82) is 0 Å². The smallest absolute Gasteiger partial charge is 0.410 e. The lowest BCUT2D eigenvalue weighted by atomic mass is 9.91. The molecule has 558 valence electrons. The molecule has 0 aliphatic carbocycles. The van der Waals surface area contributed by atoms with E-state index in [-0.39, 0.29) is 55.9 Å². The number of ether oxygens (including phenoxy) is 2. The number of aliphatic hydroxyl groups excluding tert-OH is 2. The molecule has 0 bridgehead atoms. The first kappa shape index (κ1) is 90.1. The van der Waals surface area contributed by atoms with Crippen molar-refractivity contribution in [3.8, 4) is 0 Å². The van der Waals surface area contributed by atoms with Crippen LogP contribution >= 0.6 is 0 Å². The zero-order chi connectivity index (χ0) is 75.8. The highest BCUT2D eigenvalue weighted by Gasteiger charge is 2.46. The summed E-state index contributed by atoms with van der Waals surface area (Å²) in [6.07, 6.45) is 1.16. The van der Waals surface area contributed by atoms with Gasteiger partial charge in [-0.1, -0.05) is 109 Å². The number of hydrogen-bond acceptors (Lipinski definition) is 16. The van der Waals surface area contributed by atoms with E-state index in [2.05, 4.69) is 26.6 Å². The van der Waals surface area contributed by atoms with E-state index >= 15 is 0 Å². The van der Waals surface area contributed by atoms with E-state index < -0.39 is 173 Å². The number of carbonyl (C=O) groups excluding carboxylic acids is 12. The number of nitrogens with one attached hydrogen (secondary N) is 5. The van der Waals surface area contributed by atoms with Crippen molar-refractivity contribution in [2.45, 2.75) is 275 Å². The lowest BCUT2D eigenvalue weighted by molar-refractivity contribution is -0.156. The second-order valence-electron chi connectivity index (χ2n) is 29.3. The molecule has 7 N–H and O–H groups in total. The molecule has 0 aromatic heterocycles. The maximum atomic E-state index is 14.9. The van der Waals surface area contributed by atoms with Crippen LogP contribution in [-0.2, 0) is 62.2 Å². The van der Waals surface area contributed by atoms with Crippen LogP contribution in [0.1, 0.15) is 191 Å². The molecule has 0 saturated carbocycles. The van der Waals surface area contributed by atoms with Gasteiger partial charge in [0, 0.05) is 41.8 Å². The molecule has 0 aromatic carbocycles. The molecule has 0 radical (unpaired) electrons. The first-order chi connectivity index (χ1) is 44.6. The Labute approximate surface area is 579 Å². The molecule has 0 heterocycles. The highest BCUT2D eigenvalue weighted by atomic mass is 16.6. The second kappa shape index (κ2) is 41.5. The van der Waals surface area contributed by atoms with Gasteiger partial charge in [-0.05, 0) is 136 Å². The van der Waals surface area contributed by atoms with Crippen molar-refractivity contribution in [2.24, 2.45) is 41.4 Å².